The highest BCUT2D eigenvalue weighted by Gasteiger charge is 2.33. The Labute approximate surface area is 151 Å². The van der Waals surface area contributed by atoms with Gasteiger partial charge in [0.15, 0.2) is 0 Å². The van der Waals surface area contributed by atoms with Gasteiger partial charge in [0.25, 0.3) is 0 Å². The quantitative estimate of drug-likeness (QED) is 0.731. The lowest BCUT2D eigenvalue weighted by atomic mass is 10.0. The monoisotopic (exact) mass is 351 g/mol. The zero-order valence-electron chi connectivity index (χ0n) is 14.2. The molecule has 1 aliphatic carbocycles. The third kappa shape index (κ3) is 3.66. The van der Waals surface area contributed by atoms with E-state index in [0.717, 1.165) is 15.2 Å². The van der Waals surface area contributed by atoms with Crippen molar-refractivity contribution in [3.63, 3.8) is 0 Å². The number of carbonyl (C=O) groups excluding carboxylic acids is 1. The topological polar surface area (TPSA) is 45.2 Å². The SMILES string of the molecule is CN(Cc1nc2ccccc2s1)C(=O)NC(c1ccccc1)C1CC1. The highest BCUT2D eigenvalue weighted by Crippen LogP contribution is 2.41. The number of thiazole rings is 1. The van der Waals surface area contributed by atoms with E-state index in [0.29, 0.717) is 12.5 Å². The number of amides is 2. The van der Waals surface area contributed by atoms with Crippen LogP contribution in [0.3, 0.4) is 0 Å². The Hall–Kier alpha value is -2.40. The van der Waals surface area contributed by atoms with Crippen LogP contribution < -0.4 is 5.32 Å². The maximum absolute atomic E-state index is 12.7. The summed E-state index contributed by atoms with van der Waals surface area (Å²) in [6, 6.07) is 18.4. The van der Waals surface area contributed by atoms with Gasteiger partial charge in [-0.1, -0.05) is 42.5 Å². The van der Waals surface area contributed by atoms with Gasteiger partial charge in [-0.15, -0.1) is 11.3 Å². The van der Waals surface area contributed by atoms with Crippen LogP contribution in [0, 0.1) is 5.92 Å². The smallest absolute Gasteiger partial charge is 0.318 e. The Morgan fingerprint density at radius 2 is 1.92 bits per heavy atom. The molecule has 0 aliphatic heterocycles. The number of rotatable bonds is 5. The van der Waals surface area contributed by atoms with Crippen molar-refractivity contribution in [1.82, 2.24) is 15.2 Å². The first-order valence-electron chi connectivity index (χ1n) is 8.62. The van der Waals surface area contributed by atoms with Crippen molar-refractivity contribution in [2.24, 2.45) is 5.92 Å². The summed E-state index contributed by atoms with van der Waals surface area (Å²) in [6.45, 7) is 0.525. The first kappa shape index (κ1) is 16.1. The van der Waals surface area contributed by atoms with Gasteiger partial charge in [-0.25, -0.2) is 9.78 Å². The van der Waals surface area contributed by atoms with Crippen molar-refractivity contribution >= 4 is 27.6 Å². The summed E-state index contributed by atoms with van der Waals surface area (Å²) < 4.78 is 1.16. The molecule has 1 unspecified atom stereocenters. The lowest BCUT2D eigenvalue weighted by molar-refractivity contribution is 0.201. The van der Waals surface area contributed by atoms with Crippen molar-refractivity contribution in [2.45, 2.75) is 25.4 Å². The van der Waals surface area contributed by atoms with Gasteiger partial charge in [-0.2, -0.15) is 0 Å². The second-order valence-corrected chi connectivity index (χ2v) is 7.72. The molecule has 1 aliphatic rings. The van der Waals surface area contributed by atoms with Crippen molar-refractivity contribution in [1.29, 1.82) is 0 Å². The first-order valence-corrected chi connectivity index (χ1v) is 9.43. The highest BCUT2D eigenvalue weighted by molar-refractivity contribution is 7.18. The third-order valence-electron chi connectivity index (χ3n) is 4.59. The minimum atomic E-state index is -0.0417. The van der Waals surface area contributed by atoms with Crippen LogP contribution in [0.4, 0.5) is 4.79 Å². The zero-order valence-corrected chi connectivity index (χ0v) is 15.0. The van der Waals surface area contributed by atoms with Gasteiger partial charge in [0.2, 0.25) is 0 Å². The Kier molecular flexibility index (Phi) is 4.40. The Balaban J connectivity index is 1.44. The maximum atomic E-state index is 12.7. The third-order valence-corrected chi connectivity index (χ3v) is 5.61. The molecule has 25 heavy (non-hydrogen) atoms. The summed E-state index contributed by atoms with van der Waals surface area (Å²) >= 11 is 1.64. The molecule has 2 amide bonds. The number of para-hydroxylation sites is 1. The molecule has 0 spiro atoms. The first-order chi connectivity index (χ1) is 12.2. The average molecular weight is 351 g/mol. The van der Waals surface area contributed by atoms with Gasteiger partial charge in [0, 0.05) is 7.05 Å². The molecule has 0 saturated heterocycles. The van der Waals surface area contributed by atoms with Crippen LogP contribution in [0.2, 0.25) is 0 Å². The van der Waals surface area contributed by atoms with Crippen molar-refractivity contribution < 1.29 is 4.79 Å². The molecule has 2 aromatic carbocycles. The number of aromatic nitrogens is 1. The fraction of sp³-hybridized carbons (Fsp3) is 0.300. The van der Waals surface area contributed by atoms with Crippen LogP contribution in [0.5, 0.6) is 0 Å². The van der Waals surface area contributed by atoms with Crippen molar-refractivity contribution in [3.8, 4) is 0 Å². The number of hydrogen-bond donors (Lipinski definition) is 1. The fourth-order valence-electron chi connectivity index (χ4n) is 3.07. The molecule has 4 rings (SSSR count). The normalized spacial score (nSPS) is 15.1. The number of fused-ring (bicyclic) bond motifs is 1. The van der Waals surface area contributed by atoms with Crippen molar-refractivity contribution in [3.05, 3.63) is 65.2 Å². The number of urea groups is 1. The number of nitrogens with zero attached hydrogens (tertiary/aromatic N) is 2. The molecule has 1 fully saturated rings. The Morgan fingerprint density at radius 1 is 1.20 bits per heavy atom. The number of nitrogens with one attached hydrogen (secondary N) is 1. The van der Waals surface area contributed by atoms with E-state index in [-0.39, 0.29) is 12.1 Å². The van der Waals surface area contributed by atoms with Gasteiger partial charge in [-0.3, -0.25) is 0 Å². The highest BCUT2D eigenvalue weighted by atomic mass is 32.1. The largest absolute Gasteiger partial charge is 0.331 e. The Bertz CT molecular complexity index is 840. The van der Waals surface area contributed by atoms with Crippen LogP contribution in [-0.4, -0.2) is 23.0 Å². The van der Waals surface area contributed by atoms with Crippen molar-refractivity contribution in [2.75, 3.05) is 7.05 Å². The molecule has 0 radical (unpaired) electrons. The second kappa shape index (κ2) is 6.84. The molecular weight excluding hydrogens is 330 g/mol. The van der Waals surface area contributed by atoms with E-state index in [1.54, 1.807) is 16.2 Å². The molecule has 1 heterocycles. The van der Waals surface area contributed by atoms with E-state index < -0.39 is 0 Å². The molecule has 1 saturated carbocycles. The summed E-state index contributed by atoms with van der Waals surface area (Å²) in [7, 11) is 1.83. The molecular formula is C20H21N3OS. The minimum Gasteiger partial charge on any atom is -0.331 e. The minimum absolute atomic E-state index is 0.0417. The molecule has 1 aromatic heterocycles. The number of benzene rings is 2. The predicted octanol–water partition coefficient (Wildman–Crippen LogP) is 4.59. The molecule has 4 nitrogen and oxygen atoms in total. The van der Waals surface area contributed by atoms with Gasteiger partial charge < -0.3 is 10.2 Å². The fourth-order valence-corrected chi connectivity index (χ4v) is 4.09. The summed E-state index contributed by atoms with van der Waals surface area (Å²) in [5, 5.41) is 4.17. The average Bonchev–Trinajstić information content (AvgIpc) is 3.39. The van der Waals surface area contributed by atoms with Crippen LogP contribution >= 0.6 is 11.3 Å². The summed E-state index contributed by atoms with van der Waals surface area (Å²) in [5.41, 5.74) is 2.18. The van der Waals surface area contributed by atoms with E-state index in [1.165, 1.54) is 18.4 Å². The molecule has 128 valence electrons. The Morgan fingerprint density at radius 3 is 2.64 bits per heavy atom. The standard InChI is InChI=1S/C20H21N3OS/c1-23(13-18-21-16-9-5-6-10-17(16)25-18)20(24)22-19(15-11-12-15)14-7-3-2-4-8-14/h2-10,15,19H,11-13H2,1H3,(H,22,24). The van der Waals surface area contributed by atoms with E-state index in [9.17, 15) is 4.79 Å². The lowest BCUT2D eigenvalue weighted by Gasteiger charge is -2.23. The second-order valence-electron chi connectivity index (χ2n) is 6.61. The van der Waals surface area contributed by atoms with E-state index in [2.05, 4.69) is 28.5 Å². The van der Waals surface area contributed by atoms with Gasteiger partial charge in [-0.05, 0) is 36.5 Å². The van der Waals surface area contributed by atoms with E-state index in [4.69, 9.17) is 0 Å². The number of carbonyl (C=O) groups is 1. The summed E-state index contributed by atoms with van der Waals surface area (Å²) in [5.74, 6) is 0.558. The molecule has 3 aromatic rings. The molecule has 1 atom stereocenters. The molecule has 1 N–H and O–H groups in total. The summed E-state index contributed by atoms with van der Waals surface area (Å²) in [6.07, 6.45) is 2.36. The van der Waals surface area contributed by atoms with Gasteiger partial charge in [0.1, 0.15) is 5.01 Å². The van der Waals surface area contributed by atoms with Crippen LogP contribution in [0.15, 0.2) is 54.6 Å². The summed E-state index contributed by atoms with van der Waals surface area (Å²) in [4.78, 5) is 19.0. The maximum Gasteiger partial charge on any atom is 0.318 e. The zero-order chi connectivity index (χ0) is 17.2. The van der Waals surface area contributed by atoms with Gasteiger partial charge in [0.05, 0.1) is 22.8 Å². The molecule has 5 heteroatoms. The van der Waals surface area contributed by atoms with E-state index in [1.807, 2.05) is 43.4 Å². The number of hydrogen-bond acceptors (Lipinski definition) is 3. The van der Waals surface area contributed by atoms with Gasteiger partial charge >= 0.3 is 6.03 Å². The van der Waals surface area contributed by atoms with Crippen LogP contribution in [0.1, 0.15) is 29.5 Å². The van der Waals surface area contributed by atoms with Crippen LogP contribution in [0.25, 0.3) is 10.2 Å². The van der Waals surface area contributed by atoms with E-state index >= 15 is 0 Å². The lowest BCUT2D eigenvalue weighted by Crippen LogP contribution is -2.39. The van der Waals surface area contributed by atoms with Crippen LogP contribution in [-0.2, 0) is 6.54 Å². The predicted molar refractivity (Wildman–Crippen MR) is 102 cm³/mol. The molecule has 0 bridgehead atoms.